The number of benzene rings is 1. The van der Waals surface area contributed by atoms with Gasteiger partial charge in [0.05, 0.1) is 11.4 Å². The number of rotatable bonds is 5. The van der Waals surface area contributed by atoms with Gasteiger partial charge < -0.3 is 16.0 Å². The summed E-state index contributed by atoms with van der Waals surface area (Å²) in [4.78, 5) is 23.2. The fraction of sp³-hybridized carbons (Fsp3) is 0.467. The van der Waals surface area contributed by atoms with Crippen molar-refractivity contribution in [3.63, 3.8) is 0 Å². The third kappa shape index (κ3) is 5.83. The van der Waals surface area contributed by atoms with Gasteiger partial charge in [0.25, 0.3) is 0 Å². The maximum atomic E-state index is 12.0. The molecule has 1 saturated heterocycles. The molecule has 0 aliphatic carbocycles. The number of hydrogen-bond acceptors (Lipinski definition) is 3. The van der Waals surface area contributed by atoms with E-state index in [0.29, 0.717) is 28.7 Å². The highest BCUT2D eigenvalue weighted by Gasteiger charge is 2.16. The topological polar surface area (TPSA) is 70.2 Å². The lowest BCUT2D eigenvalue weighted by Crippen LogP contribution is -2.16. The van der Waals surface area contributed by atoms with Crippen molar-refractivity contribution < 1.29 is 9.59 Å². The Morgan fingerprint density at radius 1 is 1.32 bits per heavy atom. The van der Waals surface area contributed by atoms with E-state index in [9.17, 15) is 9.59 Å². The van der Waals surface area contributed by atoms with Crippen LogP contribution in [-0.4, -0.2) is 24.9 Å². The SMILES string of the molecule is CC(=O)Nc1ccc(Cl)cc1NC(=O)CCC1CCNC1.Cl. The van der Waals surface area contributed by atoms with Crippen LogP contribution in [0.25, 0.3) is 0 Å². The van der Waals surface area contributed by atoms with E-state index in [-0.39, 0.29) is 24.2 Å². The van der Waals surface area contributed by atoms with Crippen LogP contribution in [-0.2, 0) is 9.59 Å². The normalized spacial score (nSPS) is 16.7. The number of carbonyl (C=O) groups is 2. The van der Waals surface area contributed by atoms with Crippen LogP contribution in [0, 0.1) is 5.92 Å². The van der Waals surface area contributed by atoms with E-state index in [2.05, 4.69) is 16.0 Å². The van der Waals surface area contributed by atoms with Crippen molar-refractivity contribution in [1.82, 2.24) is 5.32 Å². The van der Waals surface area contributed by atoms with Gasteiger partial charge in [-0.15, -0.1) is 12.4 Å². The zero-order valence-electron chi connectivity index (χ0n) is 12.4. The van der Waals surface area contributed by atoms with Gasteiger partial charge in [0.15, 0.2) is 0 Å². The molecule has 1 unspecified atom stereocenters. The first-order chi connectivity index (χ1) is 10.0. The predicted octanol–water partition coefficient (Wildman–Crippen LogP) is 3.05. The first kappa shape index (κ1) is 18.7. The molecule has 7 heteroatoms. The first-order valence-corrected chi connectivity index (χ1v) is 7.50. The molecule has 1 aromatic rings. The Morgan fingerprint density at radius 3 is 2.73 bits per heavy atom. The summed E-state index contributed by atoms with van der Waals surface area (Å²) in [6.07, 6.45) is 2.47. The zero-order valence-corrected chi connectivity index (χ0v) is 14.0. The Morgan fingerprint density at radius 2 is 2.09 bits per heavy atom. The molecule has 5 nitrogen and oxygen atoms in total. The number of anilines is 2. The quantitative estimate of drug-likeness (QED) is 0.767. The fourth-order valence-electron chi connectivity index (χ4n) is 2.43. The average molecular weight is 346 g/mol. The second kappa shape index (κ2) is 8.98. The van der Waals surface area contributed by atoms with Gasteiger partial charge in [0.2, 0.25) is 11.8 Å². The highest BCUT2D eigenvalue weighted by atomic mass is 35.5. The lowest BCUT2D eigenvalue weighted by molar-refractivity contribution is -0.116. The first-order valence-electron chi connectivity index (χ1n) is 7.12. The van der Waals surface area contributed by atoms with Crippen LogP contribution in [0.1, 0.15) is 26.2 Å². The van der Waals surface area contributed by atoms with Crippen molar-refractivity contribution >= 4 is 47.2 Å². The van der Waals surface area contributed by atoms with Crippen molar-refractivity contribution in [3.8, 4) is 0 Å². The van der Waals surface area contributed by atoms with Crippen LogP contribution >= 0.6 is 24.0 Å². The molecule has 0 bridgehead atoms. The summed E-state index contributed by atoms with van der Waals surface area (Å²) in [7, 11) is 0. The highest BCUT2D eigenvalue weighted by Crippen LogP contribution is 2.26. The highest BCUT2D eigenvalue weighted by molar-refractivity contribution is 6.31. The molecule has 0 aromatic heterocycles. The van der Waals surface area contributed by atoms with Gasteiger partial charge in [-0.3, -0.25) is 9.59 Å². The van der Waals surface area contributed by atoms with Crippen LogP contribution in [0.4, 0.5) is 11.4 Å². The van der Waals surface area contributed by atoms with Crippen LogP contribution in [0.3, 0.4) is 0 Å². The summed E-state index contributed by atoms with van der Waals surface area (Å²) >= 11 is 5.95. The van der Waals surface area contributed by atoms with Gasteiger partial charge in [0, 0.05) is 18.4 Å². The van der Waals surface area contributed by atoms with Crippen molar-refractivity contribution in [2.75, 3.05) is 23.7 Å². The van der Waals surface area contributed by atoms with E-state index in [1.807, 2.05) is 0 Å². The van der Waals surface area contributed by atoms with E-state index in [1.165, 1.54) is 6.92 Å². The predicted molar refractivity (Wildman–Crippen MR) is 91.8 cm³/mol. The van der Waals surface area contributed by atoms with Crippen LogP contribution < -0.4 is 16.0 Å². The minimum Gasteiger partial charge on any atom is -0.325 e. The Kier molecular flexibility index (Phi) is 7.65. The van der Waals surface area contributed by atoms with E-state index >= 15 is 0 Å². The maximum Gasteiger partial charge on any atom is 0.224 e. The minimum absolute atomic E-state index is 0. The molecule has 0 spiro atoms. The van der Waals surface area contributed by atoms with Crippen molar-refractivity contribution in [1.29, 1.82) is 0 Å². The van der Waals surface area contributed by atoms with E-state index < -0.39 is 0 Å². The molecule has 1 atom stereocenters. The lowest BCUT2D eigenvalue weighted by atomic mass is 10.0. The Labute approximate surface area is 141 Å². The van der Waals surface area contributed by atoms with Gasteiger partial charge in [-0.2, -0.15) is 0 Å². The van der Waals surface area contributed by atoms with Crippen molar-refractivity contribution in [2.45, 2.75) is 26.2 Å². The molecule has 0 radical (unpaired) electrons. The number of hydrogen-bond donors (Lipinski definition) is 3. The Hall–Kier alpha value is -1.30. The third-order valence-electron chi connectivity index (χ3n) is 3.51. The average Bonchev–Trinajstić information content (AvgIpc) is 2.92. The molecule has 122 valence electrons. The molecule has 2 rings (SSSR count). The van der Waals surface area contributed by atoms with Crippen molar-refractivity contribution in [2.24, 2.45) is 5.92 Å². The minimum atomic E-state index is -0.190. The third-order valence-corrected chi connectivity index (χ3v) is 3.74. The molecule has 1 aromatic carbocycles. The molecule has 0 saturated carbocycles. The lowest BCUT2D eigenvalue weighted by Gasteiger charge is -2.13. The van der Waals surface area contributed by atoms with Gasteiger partial charge in [-0.25, -0.2) is 0 Å². The smallest absolute Gasteiger partial charge is 0.224 e. The second-order valence-corrected chi connectivity index (χ2v) is 5.75. The van der Waals surface area contributed by atoms with Gasteiger partial charge >= 0.3 is 0 Å². The van der Waals surface area contributed by atoms with E-state index in [4.69, 9.17) is 11.6 Å². The van der Waals surface area contributed by atoms with Gasteiger partial charge in [-0.1, -0.05) is 11.6 Å². The summed E-state index contributed by atoms with van der Waals surface area (Å²) in [6.45, 7) is 3.45. The van der Waals surface area contributed by atoms with E-state index in [0.717, 1.165) is 25.9 Å². The molecular formula is C15H21Cl2N3O2. The molecule has 3 N–H and O–H groups in total. The zero-order chi connectivity index (χ0) is 15.2. The van der Waals surface area contributed by atoms with Crippen LogP contribution in [0.5, 0.6) is 0 Å². The standard InChI is InChI=1S/C15H20ClN3O2.ClH/c1-10(20)18-13-4-3-12(16)8-14(13)19-15(21)5-2-11-6-7-17-9-11;/h3-4,8,11,17H,2,5-7,9H2,1H3,(H,18,20)(H,19,21);1H. The molecular weight excluding hydrogens is 325 g/mol. The fourth-order valence-corrected chi connectivity index (χ4v) is 2.60. The second-order valence-electron chi connectivity index (χ2n) is 5.32. The summed E-state index contributed by atoms with van der Waals surface area (Å²) in [6, 6.07) is 4.99. The van der Waals surface area contributed by atoms with Gasteiger partial charge in [-0.05, 0) is 50.0 Å². The Bertz CT molecular complexity index is 532. The number of carbonyl (C=O) groups excluding carboxylic acids is 2. The van der Waals surface area contributed by atoms with Gasteiger partial charge in [0.1, 0.15) is 0 Å². The molecule has 1 fully saturated rings. The van der Waals surface area contributed by atoms with E-state index in [1.54, 1.807) is 18.2 Å². The molecule has 22 heavy (non-hydrogen) atoms. The monoisotopic (exact) mass is 345 g/mol. The number of amides is 2. The molecule has 1 aliphatic rings. The van der Waals surface area contributed by atoms with Crippen molar-refractivity contribution in [3.05, 3.63) is 23.2 Å². The summed E-state index contributed by atoms with van der Waals surface area (Å²) in [5.74, 6) is 0.325. The summed E-state index contributed by atoms with van der Waals surface area (Å²) < 4.78 is 0. The Balaban J connectivity index is 0.00000242. The summed E-state index contributed by atoms with van der Waals surface area (Å²) in [5.41, 5.74) is 1.09. The summed E-state index contributed by atoms with van der Waals surface area (Å²) in [5, 5.41) is 9.30. The maximum absolute atomic E-state index is 12.0. The molecule has 1 aliphatic heterocycles. The van der Waals surface area contributed by atoms with Crippen LogP contribution in [0.2, 0.25) is 5.02 Å². The molecule has 1 heterocycles. The van der Waals surface area contributed by atoms with Crippen LogP contribution in [0.15, 0.2) is 18.2 Å². The number of halogens is 2. The largest absolute Gasteiger partial charge is 0.325 e. The molecule has 2 amide bonds. The number of nitrogens with one attached hydrogen (secondary N) is 3.